The van der Waals surface area contributed by atoms with E-state index >= 15 is 0 Å². The highest BCUT2D eigenvalue weighted by Gasteiger charge is 2.20. The minimum absolute atomic E-state index is 0.178. The molecule has 0 aliphatic carbocycles. The van der Waals surface area contributed by atoms with Gasteiger partial charge in [0.15, 0.2) is 0 Å². The van der Waals surface area contributed by atoms with Gasteiger partial charge >= 0.3 is 11.9 Å². The largest absolute Gasteiger partial charge is 0.469 e. The monoisotopic (exact) mass is 271 g/mol. The number of carbonyl (C=O) groups is 2. The zero-order valence-electron chi connectivity index (χ0n) is 12.7. The summed E-state index contributed by atoms with van der Waals surface area (Å²) in [5.74, 6) is -0.819. The van der Waals surface area contributed by atoms with E-state index in [4.69, 9.17) is 0 Å². The first-order chi connectivity index (χ1) is 8.81. The molecule has 0 heterocycles. The third kappa shape index (κ3) is 6.96. The second-order valence-electron chi connectivity index (χ2n) is 4.87. The summed E-state index contributed by atoms with van der Waals surface area (Å²) in [6.07, 6.45) is 2.43. The summed E-state index contributed by atoms with van der Waals surface area (Å²) in [7, 11) is 6.65. The van der Waals surface area contributed by atoms with Gasteiger partial charge < -0.3 is 14.4 Å². The van der Waals surface area contributed by atoms with E-state index < -0.39 is 0 Å². The minimum atomic E-state index is -0.320. The molecule has 0 aromatic rings. The highest BCUT2D eigenvalue weighted by atomic mass is 16.5. The molecule has 0 bridgehead atoms. The maximum absolute atomic E-state index is 11.4. The van der Waals surface area contributed by atoms with Gasteiger partial charge in [-0.1, -0.05) is 11.6 Å². The van der Waals surface area contributed by atoms with Gasteiger partial charge in [-0.15, -0.1) is 0 Å². The summed E-state index contributed by atoms with van der Waals surface area (Å²) in [4.78, 5) is 24.9. The number of nitrogens with zero attached hydrogens (tertiary/aromatic N) is 1. The lowest BCUT2D eigenvalue weighted by Gasteiger charge is -2.20. The van der Waals surface area contributed by atoms with Crippen molar-refractivity contribution in [2.45, 2.75) is 32.7 Å². The van der Waals surface area contributed by atoms with Gasteiger partial charge in [0.25, 0.3) is 0 Å². The van der Waals surface area contributed by atoms with Gasteiger partial charge in [-0.25, -0.2) is 0 Å². The number of hydrogen-bond acceptors (Lipinski definition) is 5. The molecular weight excluding hydrogens is 246 g/mol. The molecule has 0 fully saturated rings. The molecule has 0 radical (unpaired) electrons. The first-order valence-corrected chi connectivity index (χ1v) is 6.30. The Morgan fingerprint density at radius 1 is 1.11 bits per heavy atom. The Kier molecular flexibility index (Phi) is 8.07. The van der Waals surface area contributed by atoms with Crippen LogP contribution in [0.25, 0.3) is 0 Å². The number of rotatable bonds is 7. The third-order valence-corrected chi connectivity index (χ3v) is 3.24. The van der Waals surface area contributed by atoms with E-state index in [9.17, 15) is 9.59 Å². The van der Waals surface area contributed by atoms with Crippen molar-refractivity contribution in [2.24, 2.45) is 5.92 Å². The maximum Gasteiger partial charge on any atom is 0.306 e. The number of ether oxygens (including phenoxy) is 2. The van der Waals surface area contributed by atoms with Crippen LogP contribution in [-0.4, -0.2) is 51.2 Å². The van der Waals surface area contributed by atoms with Crippen molar-refractivity contribution in [3.8, 4) is 0 Å². The zero-order valence-corrected chi connectivity index (χ0v) is 12.7. The fourth-order valence-corrected chi connectivity index (χ4v) is 1.63. The normalized spacial score (nSPS) is 13.6. The Morgan fingerprint density at radius 2 is 1.53 bits per heavy atom. The Hall–Kier alpha value is -1.36. The van der Waals surface area contributed by atoms with Crippen LogP contribution in [0.15, 0.2) is 11.6 Å². The number of methoxy groups -OCH3 is 2. The van der Waals surface area contributed by atoms with Crippen LogP contribution in [0.3, 0.4) is 0 Å². The molecule has 0 aromatic carbocycles. The van der Waals surface area contributed by atoms with E-state index in [1.54, 1.807) is 0 Å². The second kappa shape index (κ2) is 8.69. The van der Waals surface area contributed by atoms with Gasteiger partial charge in [0.05, 0.1) is 27.1 Å². The quantitative estimate of drug-likeness (QED) is 0.520. The van der Waals surface area contributed by atoms with Crippen LogP contribution >= 0.6 is 0 Å². The van der Waals surface area contributed by atoms with E-state index in [1.807, 2.05) is 21.0 Å². The number of esters is 2. The van der Waals surface area contributed by atoms with E-state index in [1.165, 1.54) is 14.2 Å². The summed E-state index contributed by atoms with van der Waals surface area (Å²) < 4.78 is 9.34. The van der Waals surface area contributed by atoms with Crippen LogP contribution in [-0.2, 0) is 19.1 Å². The highest BCUT2D eigenvalue weighted by Crippen LogP contribution is 2.21. The topological polar surface area (TPSA) is 55.8 Å². The molecule has 0 amide bonds. The van der Waals surface area contributed by atoms with Gasteiger partial charge in [0.1, 0.15) is 0 Å². The zero-order chi connectivity index (χ0) is 15.0. The van der Waals surface area contributed by atoms with Gasteiger partial charge in [-0.05, 0) is 27.9 Å². The standard InChI is InChI=1S/C14H25NO4/c1-10(7-11(2)15(3)4)12(8-13(16)18-5)9-14(17)19-6/h7,11-12H,8-9H2,1-6H3/b10-7+. The fourth-order valence-electron chi connectivity index (χ4n) is 1.63. The molecule has 0 N–H and O–H groups in total. The first-order valence-electron chi connectivity index (χ1n) is 6.30. The fraction of sp³-hybridized carbons (Fsp3) is 0.714. The van der Waals surface area contributed by atoms with E-state index in [-0.39, 0.29) is 36.7 Å². The van der Waals surface area contributed by atoms with Crippen molar-refractivity contribution in [1.29, 1.82) is 0 Å². The number of hydrogen-bond donors (Lipinski definition) is 0. The average Bonchev–Trinajstić information content (AvgIpc) is 2.36. The van der Waals surface area contributed by atoms with Gasteiger partial charge in [0.2, 0.25) is 0 Å². The van der Waals surface area contributed by atoms with E-state index in [0.29, 0.717) is 0 Å². The highest BCUT2D eigenvalue weighted by molar-refractivity contribution is 5.73. The average molecular weight is 271 g/mol. The van der Waals surface area contributed by atoms with Crippen LogP contribution < -0.4 is 0 Å². The lowest BCUT2D eigenvalue weighted by Crippen LogP contribution is -2.24. The molecule has 0 aliphatic rings. The van der Waals surface area contributed by atoms with Crippen LogP contribution in [0.4, 0.5) is 0 Å². The lowest BCUT2D eigenvalue weighted by molar-refractivity contribution is -0.143. The molecule has 0 saturated heterocycles. The van der Waals surface area contributed by atoms with Crippen molar-refractivity contribution in [1.82, 2.24) is 4.90 Å². The number of allylic oxidation sites excluding steroid dienone is 1. The Labute approximate surface area is 115 Å². The van der Waals surface area contributed by atoms with E-state index in [2.05, 4.69) is 27.4 Å². The van der Waals surface area contributed by atoms with Gasteiger partial charge in [-0.3, -0.25) is 9.59 Å². The Morgan fingerprint density at radius 3 is 1.84 bits per heavy atom. The first kappa shape index (κ1) is 17.6. The molecule has 0 saturated carbocycles. The molecule has 0 aliphatic heterocycles. The molecule has 5 nitrogen and oxygen atoms in total. The number of likely N-dealkylation sites (N-methyl/N-ethyl adjacent to an activating group) is 1. The third-order valence-electron chi connectivity index (χ3n) is 3.24. The predicted molar refractivity (Wildman–Crippen MR) is 73.7 cm³/mol. The molecule has 110 valence electrons. The molecule has 0 rings (SSSR count). The molecule has 5 heteroatoms. The molecule has 0 spiro atoms. The minimum Gasteiger partial charge on any atom is -0.469 e. The summed E-state index contributed by atoms with van der Waals surface area (Å²) in [6.45, 7) is 3.98. The summed E-state index contributed by atoms with van der Waals surface area (Å²) >= 11 is 0. The van der Waals surface area contributed by atoms with Crippen molar-refractivity contribution in [3.63, 3.8) is 0 Å². The lowest BCUT2D eigenvalue weighted by atomic mass is 9.92. The van der Waals surface area contributed by atoms with E-state index in [0.717, 1.165) is 5.57 Å². The molecule has 1 unspecified atom stereocenters. The number of carbonyl (C=O) groups excluding carboxylic acids is 2. The van der Waals surface area contributed by atoms with Crippen LogP contribution in [0.2, 0.25) is 0 Å². The second-order valence-corrected chi connectivity index (χ2v) is 4.87. The predicted octanol–water partition coefficient (Wildman–Crippen LogP) is 1.63. The summed E-state index contributed by atoms with van der Waals surface area (Å²) in [5, 5.41) is 0. The summed E-state index contributed by atoms with van der Waals surface area (Å²) in [5.41, 5.74) is 0.997. The van der Waals surface area contributed by atoms with Crippen molar-refractivity contribution >= 4 is 11.9 Å². The molecule has 0 aromatic heterocycles. The molecule has 19 heavy (non-hydrogen) atoms. The van der Waals surface area contributed by atoms with Crippen LogP contribution in [0.1, 0.15) is 26.7 Å². The van der Waals surface area contributed by atoms with Crippen LogP contribution in [0, 0.1) is 5.92 Å². The molecular formula is C14H25NO4. The Balaban J connectivity index is 4.89. The van der Waals surface area contributed by atoms with Gasteiger partial charge in [-0.2, -0.15) is 0 Å². The Bertz CT molecular complexity index is 318. The van der Waals surface area contributed by atoms with Gasteiger partial charge in [0, 0.05) is 12.0 Å². The van der Waals surface area contributed by atoms with Crippen molar-refractivity contribution < 1.29 is 19.1 Å². The summed E-state index contributed by atoms with van der Waals surface area (Å²) in [6, 6.07) is 0.234. The SMILES string of the molecule is COC(=O)CC(CC(=O)OC)/C(C)=C/C(C)N(C)C. The van der Waals surface area contributed by atoms with Crippen molar-refractivity contribution in [3.05, 3.63) is 11.6 Å². The molecule has 1 atom stereocenters. The van der Waals surface area contributed by atoms with Crippen molar-refractivity contribution in [2.75, 3.05) is 28.3 Å². The van der Waals surface area contributed by atoms with Crippen LogP contribution in [0.5, 0.6) is 0 Å². The maximum atomic E-state index is 11.4. The smallest absolute Gasteiger partial charge is 0.306 e.